The summed E-state index contributed by atoms with van der Waals surface area (Å²) < 4.78 is 20.5. The van der Waals surface area contributed by atoms with Gasteiger partial charge in [-0.2, -0.15) is 0 Å². The van der Waals surface area contributed by atoms with Gasteiger partial charge in [0.05, 0.1) is 64.0 Å². The predicted octanol–water partition coefficient (Wildman–Crippen LogP) is 23.8. The Balaban J connectivity index is 0.000000154. The molecule has 0 aliphatic carbocycles. The molecular weight excluding hydrogens is 1790 g/mol. The fraction of sp³-hybridized carbons (Fsp3) is 0.0337. The molecule has 0 bridgehead atoms. The Morgan fingerprint density at radius 1 is 0.239 bits per heavy atom. The molecule has 0 radical (unpaired) electrons. The monoisotopic (exact) mass is 1840 g/mol. The van der Waals surface area contributed by atoms with Gasteiger partial charge in [-0.3, -0.25) is 0 Å². The first kappa shape index (κ1) is 87.2. The molecule has 20 aromatic rings. The maximum atomic E-state index is 10.2. The third-order valence-electron chi connectivity index (χ3n) is 17.3. The molecule has 24 heteroatoms. The molecule has 113 heavy (non-hydrogen) atoms. The second-order valence-corrected chi connectivity index (χ2v) is 28.0. The van der Waals surface area contributed by atoms with Crippen LogP contribution >= 0.6 is 34.0 Å². The number of para-hydroxylation sites is 10. The second-order valence-electron chi connectivity index (χ2n) is 24.9. The summed E-state index contributed by atoms with van der Waals surface area (Å²) in [6, 6.07) is 93.5. The second kappa shape index (κ2) is 39.8. The van der Waals surface area contributed by atoms with Crippen molar-refractivity contribution in [1.82, 2.24) is 29.9 Å². The predicted molar refractivity (Wildman–Crippen MR) is 433 cm³/mol. The van der Waals surface area contributed by atoms with Crippen LogP contribution in [0.5, 0.6) is 34.5 Å². The van der Waals surface area contributed by atoms with Gasteiger partial charge in [-0.25, -0.2) is 29.9 Å². The number of hydrogen-bond acceptors (Lipinski definition) is 18. The molecule has 6 aromatic heterocycles. The molecule has 0 saturated heterocycles. The van der Waals surface area contributed by atoms with Gasteiger partial charge in [-0.1, -0.05) is 158 Å². The maximum absolute atomic E-state index is 10.2. The van der Waals surface area contributed by atoms with Crippen LogP contribution in [-0.2, 0) is 117 Å². The third-order valence-corrected chi connectivity index (χ3v) is 20.5. The third kappa shape index (κ3) is 20.2. The number of fused-ring (bicyclic) bond motifs is 8. The van der Waals surface area contributed by atoms with Crippen molar-refractivity contribution in [3.63, 3.8) is 0 Å². The number of nitrogens with zero attached hydrogens (tertiary/aromatic N) is 6. The zero-order chi connectivity index (χ0) is 73.5. The molecule has 0 unspecified atom stereocenters. The van der Waals surface area contributed by atoms with E-state index in [0.717, 1.165) is 128 Å². The van der Waals surface area contributed by atoms with Gasteiger partial charge in [0.15, 0.2) is 16.7 Å². The molecule has 15 nitrogen and oxygen atoms in total. The number of hydrogen-bond donors (Lipinski definition) is 6. The Kier molecular flexibility index (Phi) is 30.7. The van der Waals surface area contributed by atoms with E-state index in [1.165, 1.54) is 5.56 Å². The van der Waals surface area contributed by atoms with Crippen molar-refractivity contribution in [2.45, 2.75) is 20.8 Å². The fourth-order valence-corrected chi connectivity index (χ4v) is 14.9. The molecule has 20 rings (SSSR count). The minimum absolute atomic E-state index is 0. The van der Waals surface area contributed by atoms with Crippen molar-refractivity contribution in [3.05, 3.63) is 314 Å². The van der Waals surface area contributed by atoms with Crippen molar-refractivity contribution in [1.29, 1.82) is 0 Å². The van der Waals surface area contributed by atoms with E-state index >= 15 is 0 Å². The summed E-state index contributed by atoms with van der Waals surface area (Å²) in [4.78, 5) is 26.8. The van der Waals surface area contributed by atoms with Crippen LogP contribution in [0.4, 0.5) is 0 Å². The van der Waals surface area contributed by atoms with E-state index in [4.69, 9.17) is 13.3 Å². The molecule has 0 saturated carbocycles. The molecule has 0 fully saturated rings. The van der Waals surface area contributed by atoms with Gasteiger partial charge in [0, 0.05) is 117 Å². The molecule has 0 aliphatic heterocycles. The van der Waals surface area contributed by atoms with Crippen molar-refractivity contribution in [3.8, 4) is 101 Å². The van der Waals surface area contributed by atoms with Gasteiger partial charge in [0.1, 0.15) is 66.1 Å². The molecule has 534 valence electrons. The van der Waals surface area contributed by atoms with E-state index in [0.29, 0.717) is 40.1 Å². The van der Waals surface area contributed by atoms with Crippen LogP contribution in [0.2, 0.25) is 0 Å². The number of rotatable bonds is 6. The molecular formula is C89H64N6O9S3Zn6. The van der Waals surface area contributed by atoms with Gasteiger partial charge in [0.2, 0.25) is 17.7 Å². The average molecular weight is 1850 g/mol. The molecule has 6 heterocycles. The zero-order valence-corrected chi connectivity index (χ0v) is 82.1. The van der Waals surface area contributed by atoms with Crippen molar-refractivity contribution >= 4 is 120 Å². The normalized spacial score (nSPS) is 10.4. The van der Waals surface area contributed by atoms with Crippen LogP contribution in [0, 0.1) is 20.8 Å². The smallest absolute Gasteiger partial charge is 0.231 e. The Bertz CT molecular complexity index is 6330. The van der Waals surface area contributed by atoms with Gasteiger partial charge >= 0.3 is 0 Å². The number of aromatic hydroxyl groups is 6. The number of aromatic nitrogens is 6. The number of aryl methyl sites for hydroxylation is 3. The summed E-state index contributed by atoms with van der Waals surface area (Å²) >= 11 is 4.79. The van der Waals surface area contributed by atoms with Crippen molar-refractivity contribution in [2.75, 3.05) is 0 Å². The summed E-state index contributed by atoms with van der Waals surface area (Å²) in [5.41, 5.74) is 15.0. The number of benzene rings is 14. The van der Waals surface area contributed by atoms with E-state index in [2.05, 4.69) is 55.0 Å². The molecule has 0 spiro atoms. The minimum Gasteiger partial charge on any atom is -0.507 e. The van der Waals surface area contributed by atoms with Crippen LogP contribution in [0.1, 0.15) is 16.7 Å². The first-order valence-corrected chi connectivity index (χ1v) is 36.4. The van der Waals surface area contributed by atoms with Crippen LogP contribution in [0.15, 0.2) is 311 Å². The molecule has 0 amide bonds. The summed E-state index contributed by atoms with van der Waals surface area (Å²) in [5, 5.41) is 66.3. The summed E-state index contributed by atoms with van der Waals surface area (Å²) in [6.45, 7) is 5.94. The first-order chi connectivity index (χ1) is 52.2. The van der Waals surface area contributed by atoms with Gasteiger partial charge < -0.3 is 43.9 Å². The number of oxazole rings is 3. The van der Waals surface area contributed by atoms with E-state index in [1.807, 2.05) is 257 Å². The molecule has 6 N–H and O–H groups in total. The fourth-order valence-electron chi connectivity index (χ4n) is 11.9. The Labute approximate surface area is 737 Å². The molecule has 14 aromatic carbocycles. The minimum atomic E-state index is 0. The molecule has 0 atom stereocenters. The van der Waals surface area contributed by atoms with Crippen molar-refractivity contribution in [2.24, 2.45) is 0 Å². The van der Waals surface area contributed by atoms with E-state index in [1.54, 1.807) is 70.4 Å². The zero-order valence-electron chi connectivity index (χ0n) is 61.8. The summed E-state index contributed by atoms with van der Waals surface area (Å²) in [6.07, 6.45) is 0. The Morgan fingerprint density at radius 2 is 0.593 bits per heavy atom. The summed E-state index contributed by atoms with van der Waals surface area (Å²) in [5.74, 6) is 2.73. The van der Waals surface area contributed by atoms with Crippen LogP contribution in [0.25, 0.3) is 152 Å². The standard InChI is InChI=1S/2C17H11NO2.C14H11NO2.2C14H11NOS.C13H9NOS.6Zn/c19-15-10-12-6-2-1-5-11(12)9-13(15)17-18-14-7-3-4-8-16(14)20-17;19-14-10-9-11-5-1-2-6-12(11)16(14)17-18-13-7-3-4-8-15(13)20-17;2*1-9-6-7-10(12(16)8-9)14-15-11-4-2-3-5-13(11)17-14;1-9-6-7-13-11(8-9)15-14(17-13)10-4-2-3-5-12(10)16;15-11-7-3-1-5-9(11)13-14-10-6-2-4-8-12(10)16-13;;;;;;/h2*1-10,19H;3*2-8,16H,1H3;1-8,15H;;;;;;. The van der Waals surface area contributed by atoms with Crippen LogP contribution in [-0.4, -0.2) is 60.5 Å². The Morgan fingerprint density at radius 3 is 1.08 bits per heavy atom. The average Bonchev–Trinajstić information content (AvgIpc) is 1.56. The van der Waals surface area contributed by atoms with Gasteiger partial charge in [-0.05, 0) is 199 Å². The van der Waals surface area contributed by atoms with Crippen LogP contribution < -0.4 is 0 Å². The van der Waals surface area contributed by atoms with Crippen molar-refractivity contribution < 1.29 is 161 Å². The SMILES string of the molecule is Cc1ccc(-c2nc3ccccc3o2)c(O)c1.Cc1ccc(-c2nc3ccccc3s2)c(O)c1.Cc1ccc2sc(-c3ccccc3O)nc2c1.Oc1cc2ccccc2cc1-c1nc2ccccc2o1.Oc1ccc2ccccc2c1-c1nc2ccccc2o1.Oc1ccccc1-c1nc2ccccc2s1.[Zn].[Zn].[Zn].[Zn].[Zn].[Zn]. The van der Waals surface area contributed by atoms with Crippen LogP contribution in [0.3, 0.4) is 0 Å². The molecule has 0 aliphatic rings. The van der Waals surface area contributed by atoms with Gasteiger partial charge in [-0.15, -0.1) is 34.0 Å². The maximum Gasteiger partial charge on any atom is 0.231 e. The number of phenols is 6. The number of thiazole rings is 3. The largest absolute Gasteiger partial charge is 0.507 e. The van der Waals surface area contributed by atoms with E-state index in [9.17, 15) is 30.6 Å². The summed E-state index contributed by atoms with van der Waals surface area (Å²) in [7, 11) is 0. The van der Waals surface area contributed by atoms with Gasteiger partial charge in [0.25, 0.3) is 0 Å². The Hall–Kier alpha value is -9.78. The van der Waals surface area contributed by atoms with E-state index in [-0.39, 0.29) is 146 Å². The quantitative estimate of drug-likeness (QED) is 0.0849. The topological polar surface area (TPSA) is 238 Å². The number of phenolic OH excluding ortho intramolecular Hbond substituents is 6. The first-order valence-electron chi connectivity index (χ1n) is 34.0. The van der Waals surface area contributed by atoms with E-state index < -0.39 is 0 Å².